The molecule has 1 aromatic heterocycles. The number of methoxy groups -OCH3 is 1. The summed E-state index contributed by atoms with van der Waals surface area (Å²) in [7, 11) is 1.69. The van der Waals surface area contributed by atoms with Gasteiger partial charge in [-0.05, 0) is 37.6 Å². The first kappa shape index (κ1) is 15.9. The summed E-state index contributed by atoms with van der Waals surface area (Å²) >= 11 is 6.35. The van der Waals surface area contributed by atoms with Crippen LogP contribution >= 0.6 is 11.6 Å². The van der Waals surface area contributed by atoms with Crippen molar-refractivity contribution in [3.8, 4) is 5.75 Å². The zero-order chi connectivity index (χ0) is 15.4. The van der Waals surface area contributed by atoms with Crippen molar-refractivity contribution in [2.24, 2.45) is 0 Å². The molecule has 21 heavy (non-hydrogen) atoms. The fraction of sp³-hybridized carbons (Fsp3) is 0.438. The van der Waals surface area contributed by atoms with E-state index in [9.17, 15) is 0 Å². The number of hydrogen-bond acceptors (Lipinski definition) is 3. The van der Waals surface area contributed by atoms with Gasteiger partial charge in [-0.15, -0.1) is 0 Å². The summed E-state index contributed by atoms with van der Waals surface area (Å²) in [6.07, 6.45) is 1.71. The second kappa shape index (κ2) is 6.96. The van der Waals surface area contributed by atoms with Crippen LogP contribution in [0.3, 0.4) is 0 Å². The first-order chi connectivity index (χ1) is 10.1. The maximum absolute atomic E-state index is 6.35. The van der Waals surface area contributed by atoms with E-state index in [-0.39, 0.29) is 6.04 Å². The zero-order valence-electron chi connectivity index (χ0n) is 13.0. The summed E-state index contributed by atoms with van der Waals surface area (Å²) in [6, 6.07) is 6.22. The third-order valence-corrected chi connectivity index (χ3v) is 3.86. The number of aromatic nitrogens is 2. The number of nitrogens with zero attached hydrogens (tertiary/aromatic N) is 2. The average molecular weight is 308 g/mol. The monoisotopic (exact) mass is 307 g/mol. The van der Waals surface area contributed by atoms with Crippen molar-refractivity contribution in [3.63, 3.8) is 0 Å². The van der Waals surface area contributed by atoms with Gasteiger partial charge in [-0.2, -0.15) is 5.10 Å². The minimum absolute atomic E-state index is 0.0227. The Kier molecular flexibility index (Phi) is 5.26. The van der Waals surface area contributed by atoms with E-state index in [0.717, 1.165) is 35.7 Å². The highest BCUT2D eigenvalue weighted by atomic mass is 35.5. The summed E-state index contributed by atoms with van der Waals surface area (Å²) in [5.41, 5.74) is 3.27. The molecule has 0 radical (unpaired) electrons. The fourth-order valence-corrected chi connectivity index (χ4v) is 2.82. The Hall–Kier alpha value is -1.52. The van der Waals surface area contributed by atoms with Gasteiger partial charge in [0.2, 0.25) is 0 Å². The van der Waals surface area contributed by atoms with Crippen molar-refractivity contribution in [3.05, 3.63) is 46.2 Å². The summed E-state index contributed by atoms with van der Waals surface area (Å²) in [5.74, 6) is 0.893. The minimum atomic E-state index is 0.0227. The number of aryl methyl sites for hydroxylation is 2. The molecule has 0 spiro atoms. The maximum atomic E-state index is 6.35. The predicted octanol–water partition coefficient (Wildman–Crippen LogP) is 3.57. The van der Waals surface area contributed by atoms with E-state index in [2.05, 4.69) is 36.4 Å². The molecular weight excluding hydrogens is 286 g/mol. The molecule has 1 heterocycles. The number of nitrogens with one attached hydrogen (secondary N) is 1. The second-order valence-electron chi connectivity index (χ2n) is 4.91. The number of halogens is 1. The summed E-state index contributed by atoms with van der Waals surface area (Å²) in [6.45, 7) is 7.84. The van der Waals surface area contributed by atoms with Gasteiger partial charge in [-0.1, -0.05) is 30.7 Å². The quantitative estimate of drug-likeness (QED) is 0.886. The molecular formula is C16H22ClN3O. The molecule has 2 aromatic rings. The molecule has 1 N–H and O–H groups in total. The van der Waals surface area contributed by atoms with Crippen LogP contribution in [0.25, 0.3) is 0 Å². The standard InChI is InChI=1S/C16H22ClN3O/c1-5-18-15(16-13(17)10-19-20(16)6-2)12-7-8-14(21-4)11(3)9-12/h7-10,15,18H,5-6H2,1-4H3. The lowest BCUT2D eigenvalue weighted by Crippen LogP contribution is -2.25. The lowest BCUT2D eigenvalue weighted by Gasteiger charge is -2.21. The van der Waals surface area contributed by atoms with E-state index < -0.39 is 0 Å². The van der Waals surface area contributed by atoms with Crippen LogP contribution in [0.15, 0.2) is 24.4 Å². The third kappa shape index (κ3) is 3.22. The maximum Gasteiger partial charge on any atom is 0.121 e. The zero-order valence-corrected chi connectivity index (χ0v) is 13.7. The first-order valence-corrected chi connectivity index (χ1v) is 7.59. The van der Waals surface area contributed by atoms with Gasteiger partial charge < -0.3 is 10.1 Å². The lowest BCUT2D eigenvalue weighted by molar-refractivity contribution is 0.411. The summed E-state index contributed by atoms with van der Waals surface area (Å²) in [4.78, 5) is 0. The van der Waals surface area contributed by atoms with Gasteiger partial charge in [0.25, 0.3) is 0 Å². The highest BCUT2D eigenvalue weighted by Crippen LogP contribution is 2.30. The van der Waals surface area contributed by atoms with Crippen LogP contribution in [-0.4, -0.2) is 23.4 Å². The van der Waals surface area contributed by atoms with Crippen LogP contribution in [0, 0.1) is 6.92 Å². The van der Waals surface area contributed by atoms with E-state index in [4.69, 9.17) is 16.3 Å². The number of rotatable bonds is 6. The van der Waals surface area contributed by atoms with Crippen molar-refractivity contribution in [1.82, 2.24) is 15.1 Å². The average Bonchev–Trinajstić information content (AvgIpc) is 2.85. The fourth-order valence-electron chi connectivity index (χ4n) is 2.57. The molecule has 0 saturated carbocycles. The van der Waals surface area contributed by atoms with E-state index in [1.54, 1.807) is 13.3 Å². The van der Waals surface area contributed by atoms with Crippen LogP contribution in [0.5, 0.6) is 5.75 Å². The van der Waals surface area contributed by atoms with Crippen molar-refractivity contribution in [1.29, 1.82) is 0 Å². The van der Waals surface area contributed by atoms with Gasteiger partial charge in [-0.25, -0.2) is 0 Å². The van der Waals surface area contributed by atoms with Gasteiger partial charge in [0.05, 0.1) is 30.1 Å². The number of benzene rings is 1. The molecule has 1 unspecified atom stereocenters. The molecule has 2 rings (SSSR count). The molecule has 0 bridgehead atoms. The van der Waals surface area contributed by atoms with Crippen molar-refractivity contribution in [2.45, 2.75) is 33.4 Å². The number of ether oxygens (including phenoxy) is 1. The van der Waals surface area contributed by atoms with E-state index >= 15 is 0 Å². The highest BCUT2D eigenvalue weighted by Gasteiger charge is 2.21. The summed E-state index contributed by atoms with van der Waals surface area (Å²) in [5, 5.41) is 8.53. The molecule has 1 aromatic carbocycles. The van der Waals surface area contributed by atoms with Gasteiger partial charge in [0, 0.05) is 6.54 Å². The van der Waals surface area contributed by atoms with Crippen LogP contribution in [0.1, 0.15) is 36.7 Å². The van der Waals surface area contributed by atoms with Crippen LogP contribution in [0.4, 0.5) is 0 Å². The van der Waals surface area contributed by atoms with Crippen molar-refractivity contribution < 1.29 is 4.74 Å². The topological polar surface area (TPSA) is 39.1 Å². The molecule has 4 nitrogen and oxygen atoms in total. The van der Waals surface area contributed by atoms with Gasteiger partial charge in [0.15, 0.2) is 0 Å². The van der Waals surface area contributed by atoms with Crippen LogP contribution in [-0.2, 0) is 6.54 Å². The minimum Gasteiger partial charge on any atom is -0.496 e. The van der Waals surface area contributed by atoms with Gasteiger partial charge >= 0.3 is 0 Å². The number of hydrogen-bond donors (Lipinski definition) is 1. The Morgan fingerprint density at radius 3 is 2.71 bits per heavy atom. The molecule has 0 aliphatic heterocycles. The predicted molar refractivity (Wildman–Crippen MR) is 86.2 cm³/mol. The van der Waals surface area contributed by atoms with Crippen molar-refractivity contribution >= 4 is 11.6 Å². The lowest BCUT2D eigenvalue weighted by atomic mass is 10.0. The molecule has 0 aliphatic rings. The van der Waals surface area contributed by atoms with Crippen LogP contribution in [0.2, 0.25) is 5.02 Å². The molecule has 0 fully saturated rings. The summed E-state index contributed by atoms with van der Waals surface area (Å²) < 4.78 is 7.27. The first-order valence-electron chi connectivity index (χ1n) is 7.21. The van der Waals surface area contributed by atoms with Gasteiger partial charge in [0.1, 0.15) is 5.75 Å². The van der Waals surface area contributed by atoms with E-state index in [0.29, 0.717) is 5.02 Å². The Morgan fingerprint density at radius 1 is 1.38 bits per heavy atom. The smallest absolute Gasteiger partial charge is 0.121 e. The van der Waals surface area contributed by atoms with E-state index in [1.807, 2.05) is 17.7 Å². The molecule has 114 valence electrons. The molecule has 1 atom stereocenters. The van der Waals surface area contributed by atoms with Crippen molar-refractivity contribution in [2.75, 3.05) is 13.7 Å². The van der Waals surface area contributed by atoms with Crippen LogP contribution < -0.4 is 10.1 Å². The highest BCUT2D eigenvalue weighted by molar-refractivity contribution is 6.31. The largest absolute Gasteiger partial charge is 0.496 e. The molecule has 0 amide bonds. The molecule has 0 aliphatic carbocycles. The van der Waals surface area contributed by atoms with E-state index in [1.165, 1.54) is 0 Å². The second-order valence-corrected chi connectivity index (χ2v) is 5.32. The molecule has 0 saturated heterocycles. The Morgan fingerprint density at radius 2 is 2.14 bits per heavy atom. The normalized spacial score (nSPS) is 12.4. The Balaban J connectivity index is 2.48. The van der Waals surface area contributed by atoms with Gasteiger partial charge in [-0.3, -0.25) is 4.68 Å². The third-order valence-electron chi connectivity index (χ3n) is 3.57. The Labute approximate surface area is 131 Å². The SMILES string of the molecule is CCNC(c1ccc(OC)c(C)c1)c1c(Cl)cnn1CC. The molecule has 5 heteroatoms. The Bertz CT molecular complexity index is 610.